The van der Waals surface area contributed by atoms with Crippen molar-refractivity contribution in [3.8, 4) is 0 Å². The van der Waals surface area contributed by atoms with E-state index in [-0.39, 0.29) is 6.04 Å². The highest BCUT2D eigenvalue weighted by molar-refractivity contribution is 7.89. The molecule has 0 amide bonds. The summed E-state index contributed by atoms with van der Waals surface area (Å²) in [5.41, 5.74) is -0.485. The number of sulfonamides is 1. The quantitative estimate of drug-likeness (QED) is 0.632. The summed E-state index contributed by atoms with van der Waals surface area (Å²) in [4.78, 5) is 9.14. The second kappa shape index (κ2) is 5.81. The molecule has 110 valence electrons. The molecule has 0 bridgehead atoms. The average molecular weight is 303 g/mol. The van der Waals surface area contributed by atoms with Gasteiger partial charge < -0.3 is 5.32 Å². The van der Waals surface area contributed by atoms with Crippen LogP contribution < -0.4 is 10.0 Å². The zero-order chi connectivity index (χ0) is 14.8. The molecule has 0 spiro atoms. The zero-order valence-electron chi connectivity index (χ0n) is 10.5. The molecule has 1 aromatic carbocycles. The number of hydrogen-bond acceptors (Lipinski definition) is 5. The van der Waals surface area contributed by atoms with E-state index in [4.69, 9.17) is 0 Å². The number of nitro groups is 1. The Labute approximate surface area is 115 Å². The first-order valence-electron chi connectivity index (χ1n) is 6.07. The molecule has 1 heterocycles. The van der Waals surface area contributed by atoms with Gasteiger partial charge in [-0.1, -0.05) is 0 Å². The number of halogens is 1. The number of benzene rings is 1. The Morgan fingerprint density at radius 1 is 1.45 bits per heavy atom. The van der Waals surface area contributed by atoms with E-state index in [0.29, 0.717) is 19.0 Å². The minimum atomic E-state index is -4.02. The van der Waals surface area contributed by atoms with Crippen molar-refractivity contribution in [2.24, 2.45) is 0 Å². The van der Waals surface area contributed by atoms with Crippen LogP contribution in [0.4, 0.5) is 10.1 Å². The third-order valence-corrected chi connectivity index (χ3v) is 4.59. The molecule has 0 radical (unpaired) electrons. The number of piperidine rings is 1. The van der Waals surface area contributed by atoms with Crippen LogP contribution in [0.5, 0.6) is 0 Å². The Morgan fingerprint density at radius 3 is 2.75 bits per heavy atom. The molecule has 1 saturated heterocycles. The van der Waals surface area contributed by atoms with Crippen LogP contribution in [-0.2, 0) is 10.0 Å². The van der Waals surface area contributed by atoms with Gasteiger partial charge in [0, 0.05) is 18.7 Å². The normalized spacial score (nSPS) is 19.8. The predicted molar refractivity (Wildman–Crippen MR) is 69.3 cm³/mol. The molecule has 7 nitrogen and oxygen atoms in total. The van der Waals surface area contributed by atoms with Crippen molar-refractivity contribution in [2.75, 3.05) is 13.1 Å². The average Bonchev–Trinajstić information content (AvgIpc) is 2.38. The fraction of sp³-hybridized carbons (Fsp3) is 0.455. The Bertz CT molecular complexity index is 614. The SMILES string of the molecule is O=[N+]([O-])c1ccc(S(=O)(=O)N[C@@H]2CCCNC2)c(F)c1. The second-order valence-corrected chi connectivity index (χ2v) is 6.22. The van der Waals surface area contributed by atoms with Crippen LogP contribution in [0.2, 0.25) is 0 Å². The van der Waals surface area contributed by atoms with E-state index < -0.39 is 31.3 Å². The highest BCUT2D eigenvalue weighted by Crippen LogP contribution is 2.21. The lowest BCUT2D eigenvalue weighted by Crippen LogP contribution is -2.45. The highest BCUT2D eigenvalue weighted by Gasteiger charge is 2.25. The van der Waals surface area contributed by atoms with Gasteiger partial charge >= 0.3 is 0 Å². The van der Waals surface area contributed by atoms with E-state index in [9.17, 15) is 22.9 Å². The zero-order valence-corrected chi connectivity index (χ0v) is 11.3. The van der Waals surface area contributed by atoms with Crippen LogP contribution in [-0.4, -0.2) is 32.5 Å². The first-order valence-corrected chi connectivity index (χ1v) is 7.55. The molecule has 0 unspecified atom stereocenters. The van der Waals surface area contributed by atoms with E-state index >= 15 is 0 Å². The van der Waals surface area contributed by atoms with E-state index in [1.807, 2.05) is 0 Å². The first kappa shape index (κ1) is 14.8. The standard InChI is InChI=1S/C11H14FN3O4S/c12-10-6-9(15(16)17)3-4-11(10)20(18,19)14-8-2-1-5-13-7-8/h3-4,6,8,13-14H,1-2,5,7H2/t8-/m1/s1. The van der Waals surface area contributed by atoms with Crippen molar-refractivity contribution < 1.29 is 17.7 Å². The molecule has 20 heavy (non-hydrogen) atoms. The third-order valence-electron chi connectivity index (χ3n) is 3.03. The minimum Gasteiger partial charge on any atom is -0.315 e. The smallest absolute Gasteiger partial charge is 0.272 e. The van der Waals surface area contributed by atoms with Crippen LogP contribution in [0.15, 0.2) is 23.1 Å². The summed E-state index contributed by atoms with van der Waals surface area (Å²) in [6, 6.07) is 2.18. The maximum absolute atomic E-state index is 13.7. The van der Waals surface area contributed by atoms with Gasteiger partial charge in [0.1, 0.15) is 10.7 Å². The summed E-state index contributed by atoms with van der Waals surface area (Å²) >= 11 is 0. The Morgan fingerprint density at radius 2 is 2.20 bits per heavy atom. The van der Waals surface area contributed by atoms with Crippen molar-refractivity contribution in [1.82, 2.24) is 10.0 Å². The predicted octanol–water partition coefficient (Wildman–Crippen LogP) is 0.764. The number of non-ortho nitro benzene ring substituents is 1. The Balaban J connectivity index is 2.22. The van der Waals surface area contributed by atoms with Gasteiger partial charge in [-0.05, 0) is 25.5 Å². The lowest BCUT2D eigenvalue weighted by atomic mass is 10.1. The molecule has 1 atom stereocenters. The van der Waals surface area contributed by atoms with Crippen LogP contribution >= 0.6 is 0 Å². The minimum absolute atomic E-state index is 0.302. The lowest BCUT2D eigenvalue weighted by Gasteiger charge is -2.23. The molecule has 0 aromatic heterocycles. The van der Waals surface area contributed by atoms with Gasteiger partial charge in [0.2, 0.25) is 10.0 Å². The monoisotopic (exact) mass is 303 g/mol. The largest absolute Gasteiger partial charge is 0.315 e. The van der Waals surface area contributed by atoms with Crippen LogP contribution in [0, 0.1) is 15.9 Å². The van der Waals surface area contributed by atoms with Gasteiger partial charge in [0.15, 0.2) is 0 Å². The fourth-order valence-electron chi connectivity index (χ4n) is 2.06. The van der Waals surface area contributed by atoms with Gasteiger partial charge in [-0.2, -0.15) is 0 Å². The van der Waals surface area contributed by atoms with Gasteiger partial charge in [-0.15, -0.1) is 0 Å². The number of rotatable bonds is 4. The van der Waals surface area contributed by atoms with Crippen molar-refractivity contribution in [3.63, 3.8) is 0 Å². The summed E-state index contributed by atoms with van der Waals surface area (Å²) in [5.74, 6) is -1.13. The molecular formula is C11H14FN3O4S. The highest BCUT2D eigenvalue weighted by atomic mass is 32.2. The second-order valence-electron chi connectivity index (χ2n) is 4.54. The molecule has 0 aliphatic carbocycles. The summed E-state index contributed by atoms with van der Waals surface area (Å²) in [6.07, 6.45) is 1.50. The fourth-order valence-corrected chi connectivity index (χ4v) is 3.39. The lowest BCUT2D eigenvalue weighted by molar-refractivity contribution is -0.385. The van der Waals surface area contributed by atoms with Crippen LogP contribution in [0.25, 0.3) is 0 Å². The Kier molecular flexibility index (Phi) is 4.31. The molecule has 9 heteroatoms. The molecule has 0 saturated carbocycles. The van der Waals surface area contributed by atoms with E-state index in [2.05, 4.69) is 10.0 Å². The molecule has 1 aliphatic heterocycles. The van der Waals surface area contributed by atoms with Gasteiger partial charge in [0.25, 0.3) is 5.69 Å². The molecular weight excluding hydrogens is 289 g/mol. The van der Waals surface area contributed by atoms with Crippen molar-refractivity contribution in [1.29, 1.82) is 0 Å². The van der Waals surface area contributed by atoms with E-state index in [1.54, 1.807) is 0 Å². The molecule has 2 N–H and O–H groups in total. The number of nitro benzene ring substituents is 1. The Hall–Kier alpha value is -1.58. The maximum Gasteiger partial charge on any atom is 0.272 e. The van der Waals surface area contributed by atoms with Crippen molar-refractivity contribution >= 4 is 15.7 Å². The molecule has 2 rings (SSSR count). The summed E-state index contributed by atoms with van der Waals surface area (Å²) in [6.45, 7) is 1.30. The molecule has 1 aliphatic rings. The third kappa shape index (κ3) is 3.30. The summed E-state index contributed by atoms with van der Waals surface area (Å²) < 4.78 is 40.2. The molecule has 1 aromatic rings. The van der Waals surface area contributed by atoms with Crippen LogP contribution in [0.1, 0.15) is 12.8 Å². The van der Waals surface area contributed by atoms with Crippen molar-refractivity contribution in [2.45, 2.75) is 23.8 Å². The molecule has 1 fully saturated rings. The summed E-state index contributed by atoms with van der Waals surface area (Å²) in [5, 5.41) is 13.5. The number of nitrogens with one attached hydrogen (secondary N) is 2. The number of hydrogen-bond donors (Lipinski definition) is 2. The maximum atomic E-state index is 13.7. The topological polar surface area (TPSA) is 101 Å². The number of nitrogens with zero attached hydrogens (tertiary/aromatic N) is 1. The first-order chi connectivity index (χ1) is 9.40. The van der Waals surface area contributed by atoms with Gasteiger partial charge in [-0.3, -0.25) is 10.1 Å². The van der Waals surface area contributed by atoms with Gasteiger partial charge in [0.05, 0.1) is 11.0 Å². The van der Waals surface area contributed by atoms with Gasteiger partial charge in [-0.25, -0.2) is 17.5 Å². The van der Waals surface area contributed by atoms with E-state index in [0.717, 1.165) is 25.1 Å². The van der Waals surface area contributed by atoms with E-state index in [1.165, 1.54) is 0 Å². The van der Waals surface area contributed by atoms with Crippen LogP contribution in [0.3, 0.4) is 0 Å². The summed E-state index contributed by atoms with van der Waals surface area (Å²) in [7, 11) is -4.02. The van der Waals surface area contributed by atoms with Crippen molar-refractivity contribution in [3.05, 3.63) is 34.1 Å².